The lowest BCUT2D eigenvalue weighted by Crippen LogP contribution is -2.11. The number of nitrogens with zero attached hydrogens (tertiary/aromatic N) is 2. The summed E-state index contributed by atoms with van der Waals surface area (Å²) >= 11 is 1.57. The molecule has 0 radical (unpaired) electrons. The molecule has 1 aromatic carbocycles. The number of esters is 1. The number of carbonyl (C=O) groups is 1. The molecule has 0 atom stereocenters. The Morgan fingerprint density at radius 2 is 2.00 bits per heavy atom. The Kier molecular flexibility index (Phi) is 4.76. The first-order valence-electron chi connectivity index (χ1n) is 7.66. The van der Waals surface area contributed by atoms with Crippen LogP contribution in [0.4, 0.5) is 0 Å². The van der Waals surface area contributed by atoms with E-state index in [4.69, 9.17) is 9.26 Å². The number of rotatable bonds is 5. The number of benzene rings is 1. The smallest absolute Gasteiger partial charge is 0.311 e. The van der Waals surface area contributed by atoms with Crippen LogP contribution in [0, 0.1) is 20.8 Å². The number of thiophene rings is 1. The molecule has 5 nitrogen and oxygen atoms in total. The number of hydrogen-bond acceptors (Lipinski definition) is 6. The molecule has 124 valence electrons. The fourth-order valence-corrected chi connectivity index (χ4v) is 3.20. The van der Waals surface area contributed by atoms with Crippen LogP contribution in [-0.4, -0.2) is 16.1 Å². The molecule has 0 saturated carbocycles. The number of hydrogen-bond donors (Lipinski definition) is 0. The SMILES string of the molecule is Cc1cc(C)c(OC(=O)CCc2nc(-c3ccsc3)no2)c(C)c1. The van der Waals surface area contributed by atoms with Crippen molar-refractivity contribution in [2.24, 2.45) is 0 Å². The Labute approximate surface area is 144 Å². The summed E-state index contributed by atoms with van der Waals surface area (Å²) in [6, 6.07) is 5.93. The van der Waals surface area contributed by atoms with Gasteiger partial charge >= 0.3 is 5.97 Å². The van der Waals surface area contributed by atoms with Crippen molar-refractivity contribution in [3.8, 4) is 17.1 Å². The molecule has 0 aliphatic rings. The molecule has 0 amide bonds. The van der Waals surface area contributed by atoms with Gasteiger partial charge in [-0.2, -0.15) is 16.3 Å². The van der Waals surface area contributed by atoms with E-state index in [1.54, 1.807) is 11.3 Å². The molecule has 0 spiro atoms. The lowest BCUT2D eigenvalue weighted by molar-refractivity contribution is -0.134. The fraction of sp³-hybridized carbons (Fsp3) is 0.278. The van der Waals surface area contributed by atoms with Crippen LogP contribution in [0.1, 0.15) is 29.0 Å². The van der Waals surface area contributed by atoms with Crippen molar-refractivity contribution >= 4 is 17.3 Å². The van der Waals surface area contributed by atoms with Gasteiger partial charge in [0.2, 0.25) is 11.7 Å². The van der Waals surface area contributed by atoms with Gasteiger partial charge in [-0.15, -0.1) is 0 Å². The third-order valence-corrected chi connectivity index (χ3v) is 4.29. The summed E-state index contributed by atoms with van der Waals surface area (Å²) in [4.78, 5) is 16.4. The number of carbonyl (C=O) groups excluding carboxylic acids is 1. The van der Waals surface area contributed by atoms with Crippen molar-refractivity contribution in [3.05, 3.63) is 51.5 Å². The quantitative estimate of drug-likeness (QED) is 0.512. The van der Waals surface area contributed by atoms with Crippen LogP contribution in [0.25, 0.3) is 11.4 Å². The first kappa shape index (κ1) is 16.4. The maximum atomic E-state index is 12.1. The molecule has 2 heterocycles. The van der Waals surface area contributed by atoms with Gasteiger partial charge in [-0.1, -0.05) is 22.9 Å². The van der Waals surface area contributed by atoms with E-state index in [9.17, 15) is 4.79 Å². The van der Waals surface area contributed by atoms with Gasteiger partial charge in [-0.25, -0.2) is 0 Å². The average Bonchev–Trinajstić information content (AvgIpc) is 3.19. The summed E-state index contributed by atoms with van der Waals surface area (Å²) in [5, 5.41) is 7.83. The Morgan fingerprint density at radius 1 is 1.25 bits per heavy atom. The zero-order valence-corrected chi connectivity index (χ0v) is 14.6. The fourth-order valence-electron chi connectivity index (χ4n) is 2.57. The third kappa shape index (κ3) is 3.71. The van der Waals surface area contributed by atoms with Crippen molar-refractivity contribution in [2.45, 2.75) is 33.6 Å². The predicted octanol–water partition coefficient (Wildman–Crippen LogP) is 4.26. The summed E-state index contributed by atoms with van der Waals surface area (Å²) in [5.74, 6) is 1.31. The summed E-state index contributed by atoms with van der Waals surface area (Å²) in [5.41, 5.74) is 3.98. The Hall–Kier alpha value is -2.47. The molecule has 0 unspecified atom stereocenters. The van der Waals surface area contributed by atoms with Crippen LogP contribution < -0.4 is 4.74 Å². The molecule has 6 heteroatoms. The van der Waals surface area contributed by atoms with Crippen LogP contribution in [0.2, 0.25) is 0 Å². The van der Waals surface area contributed by atoms with E-state index < -0.39 is 0 Å². The molecule has 3 rings (SSSR count). The Morgan fingerprint density at radius 3 is 2.67 bits per heavy atom. The van der Waals surface area contributed by atoms with Gasteiger partial charge in [-0.05, 0) is 43.3 Å². The Bertz CT molecular complexity index is 830. The van der Waals surface area contributed by atoms with Gasteiger partial charge < -0.3 is 9.26 Å². The molecular formula is C18H18N2O3S. The van der Waals surface area contributed by atoms with E-state index in [1.165, 1.54) is 0 Å². The van der Waals surface area contributed by atoms with Crippen LogP contribution in [0.15, 0.2) is 33.5 Å². The minimum Gasteiger partial charge on any atom is -0.426 e. The van der Waals surface area contributed by atoms with Gasteiger partial charge in [0.05, 0.1) is 6.42 Å². The zero-order chi connectivity index (χ0) is 17.1. The van der Waals surface area contributed by atoms with Gasteiger partial charge in [0.25, 0.3) is 0 Å². The van der Waals surface area contributed by atoms with Crippen LogP contribution >= 0.6 is 11.3 Å². The normalized spacial score (nSPS) is 10.8. The highest BCUT2D eigenvalue weighted by Crippen LogP contribution is 2.25. The van der Waals surface area contributed by atoms with E-state index in [0.29, 0.717) is 23.9 Å². The molecule has 0 saturated heterocycles. The lowest BCUT2D eigenvalue weighted by Gasteiger charge is -2.11. The Balaban J connectivity index is 1.60. The van der Waals surface area contributed by atoms with E-state index in [0.717, 1.165) is 22.3 Å². The van der Waals surface area contributed by atoms with Gasteiger partial charge in [0.15, 0.2) is 0 Å². The van der Waals surface area contributed by atoms with Crippen molar-refractivity contribution in [1.29, 1.82) is 0 Å². The molecule has 0 aliphatic carbocycles. The predicted molar refractivity (Wildman–Crippen MR) is 92.2 cm³/mol. The van der Waals surface area contributed by atoms with Crippen molar-refractivity contribution in [1.82, 2.24) is 10.1 Å². The molecule has 3 aromatic rings. The van der Waals surface area contributed by atoms with Crippen molar-refractivity contribution < 1.29 is 14.1 Å². The first-order chi connectivity index (χ1) is 11.5. The second-order valence-corrected chi connectivity index (χ2v) is 6.51. The van der Waals surface area contributed by atoms with E-state index >= 15 is 0 Å². The third-order valence-electron chi connectivity index (χ3n) is 3.61. The standard InChI is InChI=1S/C18H18N2O3S/c1-11-8-12(2)17(13(3)9-11)22-16(21)5-4-15-19-18(20-23-15)14-6-7-24-10-14/h6-10H,4-5H2,1-3H3. The van der Waals surface area contributed by atoms with Gasteiger partial charge in [-0.3, -0.25) is 4.79 Å². The van der Waals surface area contributed by atoms with E-state index in [1.807, 2.05) is 49.7 Å². The average molecular weight is 342 g/mol. The van der Waals surface area contributed by atoms with Crippen molar-refractivity contribution in [2.75, 3.05) is 0 Å². The highest BCUT2D eigenvalue weighted by Gasteiger charge is 2.14. The van der Waals surface area contributed by atoms with Gasteiger partial charge in [0.1, 0.15) is 5.75 Å². The molecule has 0 fully saturated rings. The van der Waals surface area contributed by atoms with Gasteiger partial charge in [0, 0.05) is 17.4 Å². The van der Waals surface area contributed by atoms with Crippen LogP contribution in [-0.2, 0) is 11.2 Å². The molecule has 0 aliphatic heterocycles. The maximum Gasteiger partial charge on any atom is 0.311 e. The summed E-state index contributed by atoms with van der Waals surface area (Å²) < 4.78 is 10.7. The minimum absolute atomic E-state index is 0.192. The number of aryl methyl sites for hydroxylation is 4. The van der Waals surface area contributed by atoms with Crippen molar-refractivity contribution in [3.63, 3.8) is 0 Å². The highest BCUT2D eigenvalue weighted by molar-refractivity contribution is 7.08. The maximum absolute atomic E-state index is 12.1. The largest absolute Gasteiger partial charge is 0.426 e. The highest BCUT2D eigenvalue weighted by atomic mass is 32.1. The molecular weight excluding hydrogens is 324 g/mol. The topological polar surface area (TPSA) is 65.2 Å². The minimum atomic E-state index is -0.305. The molecule has 0 bridgehead atoms. The molecule has 24 heavy (non-hydrogen) atoms. The second kappa shape index (κ2) is 6.97. The summed E-state index contributed by atoms with van der Waals surface area (Å²) in [6.45, 7) is 5.90. The zero-order valence-electron chi connectivity index (χ0n) is 13.8. The number of ether oxygens (including phenoxy) is 1. The van der Waals surface area contributed by atoms with E-state index in [2.05, 4.69) is 10.1 Å². The lowest BCUT2D eigenvalue weighted by atomic mass is 10.1. The summed E-state index contributed by atoms with van der Waals surface area (Å²) in [7, 11) is 0. The monoisotopic (exact) mass is 342 g/mol. The first-order valence-corrected chi connectivity index (χ1v) is 8.61. The van der Waals surface area contributed by atoms with Crippen LogP contribution in [0.5, 0.6) is 5.75 Å². The van der Waals surface area contributed by atoms with Crippen LogP contribution in [0.3, 0.4) is 0 Å². The molecule has 2 aromatic heterocycles. The second-order valence-electron chi connectivity index (χ2n) is 5.73. The van der Waals surface area contributed by atoms with E-state index in [-0.39, 0.29) is 12.4 Å². The molecule has 0 N–H and O–H groups in total. The summed E-state index contributed by atoms with van der Waals surface area (Å²) in [6.07, 6.45) is 0.554. The number of aromatic nitrogens is 2.